The molecule has 1 nitrogen and oxygen atoms in total. The van der Waals surface area contributed by atoms with Gasteiger partial charge < -0.3 is 5.32 Å². The van der Waals surface area contributed by atoms with Gasteiger partial charge >= 0.3 is 0 Å². The van der Waals surface area contributed by atoms with E-state index in [1.807, 2.05) is 0 Å². The van der Waals surface area contributed by atoms with Crippen molar-refractivity contribution < 1.29 is 0 Å². The van der Waals surface area contributed by atoms with Gasteiger partial charge in [0.15, 0.2) is 0 Å². The fourth-order valence-corrected chi connectivity index (χ4v) is 4.40. The molecule has 0 aliphatic heterocycles. The Bertz CT molecular complexity index is 228. The Hall–Kier alpha value is -0.0400. The van der Waals surface area contributed by atoms with Crippen molar-refractivity contribution in [2.75, 3.05) is 7.05 Å². The van der Waals surface area contributed by atoms with Crippen LogP contribution in [-0.2, 0) is 0 Å². The number of hydrogen-bond acceptors (Lipinski definition) is 1. The maximum atomic E-state index is 3.48. The third-order valence-electron chi connectivity index (χ3n) is 5.35. The Morgan fingerprint density at radius 2 is 1.69 bits per heavy atom. The van der Waals surface area contributed by atoms with Gasteiger partial charge in [0.05, 0.1) is 0 Å². The topological polar surface area (TPSA) is 12.0 Å². The molecule has 0 spiro atoms. The van der Waals surface area contributed by atoms with Gasteiger partial charge in [-0.25, -0.2) is 0 Å². The monoisotopic (exact) mass is 223 g/mol. The second kappa shape index (κ2) is 4.68. The molecule has 2 aliphatic rings. The fourth-order valence-electron chi connectivity index (χ4n) is 4.40. The van der Waals surface area contributed by atoms with Crippen LogP contribution in [0.4, 0.5) is 0 Å². The molecule has 0 amide bonds. The molecule has 1 N–H and O–H groups in total. The van der Waals surface area contributed by atoms with Crippen molar-refractivity contribution in [2.24, 2.45) is 23.2 Å². The van der Waals surface area contributed by atoms with Crippen LogP contribution in [0.5, 0.6) is 0 Å². The molecule has 0 saturated heterocycles. The molecule has 2 saturated carbocycles. The van der Waals surface area contributed by atoms with Gasteiger partial charge in [0, 0.05) is 6.04 Å². The maximum absolute atomic E-state index is 3.48. The molecular weight excluding hydrogens is 194 g/mol. The van der Waals surface area contributed by atoms with Gasteiger partial charge in [-0.15, -0.1) is 0 Å². The maximum Gasteiger partial charge on any atom is 0.00695 e. The lowest BCUT2D eigenvalue weighted by molar-refractivity contribution is 0.0890. The molecule has 0 bridgehead atoms. The first-order valence-corrected chi connectivity index (χ1v) is 7.21. The van der Waals surface area contributed by atoms with E-state index in [2.05, 4.69) is 33.1 Å². The summed E-state index contributed by atoms with van der Waals surface area (Å²) in [5.74, 6) is 2.91. The van der Waals surface area contributed by atoms with Crippen molar-refractivity contribution in [1.82, 2.24) is 5.32 Å². The largest absolute Gasteiger partial charge is 0.317 e. The van der Waals surface area contributed by atoms with E-state index in [0.717, 1.165) is 23.8 Å². The highest BCUT2D eigenvalue weighted by atomic mass is 14.9. The highest BCUT2D eigenvalue weighted by Crippen LogP contribution is 2.51. The Kier molecular flexibility index (Phi) is 3.63. The second-order valence-corrected chi connectivity index (χ2v) is 7.00. The van der Waals surface area contributed by atoms with Gasteiger partial charge in [-0.3, -0.25) is 0 Å². The molecule has 0 aromatic rings. The van der Waals surface area contributed by atoms with E-state index in [-0.39, 0.29) is 0 Å². The average molecular weight is 223 g/mol. The molecule has 2 rings (SSSR count). The van der Waals surface area contributed by atoms with Crippen molar-refractivity contribution in [3.63, 3.8) is 0 Å². The minimum atomic E-state index is 0.636. The predicted molar refractivity (Wildman–Crippen MR) is 70.5 cm³/mol. The zero-order chi connectivity index (χ0) is 11.8. The van der Waals surface area contributed by atoms with Gasteiger partial charge in [-0.2, -0.15) is 0 Å². The van der Waals surface area contributed by atoms with Crippen LogP contribution >= 0.6 is 0 Å². The van der Waals surface area contributed by atoms with Crippen molar-refractivity contribution in [3.8, 4) is 0 Å². The molecule has 2 fully saturated rings. The summed E-state index contributed by atoms with van der Waals surface area (Å²) in [6.07, 6.45) is 8.68. The normalized spacial score (nSPS) is 49.5. The molecule has 4 unspecified atom stereocenters. The molecule has 94 valence electrons. The van der Waals surface area contributed by atoms with Gasteiger partial charge in [0.1, 0.15) is 0 Å². The van der Waals surface area contributed by atoms with Gasteiger partial charge in [0.2, 0.25) is 0 Å². The molecule has 16 heavy (non-hydrogen) atoms. The summed E-state index contributed by atoms with van der Waals surface area (Å²) in [5, 5.41) is 3.48. The Morgan fingerprint density at radius 3 is 2.19 bits per heavy atom. The van der Waals surface area contributed by atoms with E-state index in [9.17, 15) is 0 Å². The van der Waals surface area contributed by atoms with Crippen LogP contribution in [0.3, 0.4) is 0 Å². The van der Waals surface area contributed by atoms with Crippen LogP contribution in [0.25, 0.3) is 0 Å². The SMILES string of the molecule is CNC1CCC(C)(C2CC(C)CC(C)C2)C1. The van der Waals surface area contributed by atoms with Crippen molar-refractivity contribution in [1.29, 1.82) is 0 Å². The fraction of sp³-hybridized carbons (Fsp3) is 1.00. The van der Waals surface area contributed by atoms with Gasteiger partial charge in [0.25, 0.3) is 0 Å². The van der Waals surface area contributed by atoms with Crippen LogP contribution in [0, 0.1) is 23.2 Å². The summed E-state index contributed by atoms with van der Waals surface area (Å²) in [6, 6.07) is 0.789. The molecule has 1 heteroatoms. The van der Waals surface area contributed by atoms with Crippen molar-refractivity contribution >= 4 is 0 Å². The number of hydrogen-bond donors (Lipinski definition) is 1. The minimum absolute atomic E-state index is 0.636. The van der Waals surface area contributed by atoms with Crippen molar-refractivity contribution in [2.45, 2.75) is 65.3 Å². The lowest BCUT2D eigenvalue weighted by Crippen LogP contribution is -2.33. The first-order chi connectivity index (χ1) is 7.53. The summed E-state index contributed by atoms with van der Waals surface area (Å²) in [6.45, 7) is 7.47. The van der Waals surface area contributed by atoms with Crippen LogP contribution in [0.1, 0.15) is 59.3 Å². The quantitative estimate of drug-likeness (QED) is 0.750. The summed E-state index contributed by atoms with van der Waals surface area (Å²) < 4.78 is 0. The van der Waals surface area contributed by atoms with E-state index in [1.54, 1.807) is 0 Å². The van der Waals surface area contributed by atoms with Crippen LogP contribution in [0.15, 0.2) is 0 Å². The van der Waals surface area contributed by atoms with E-state index in [1.165, 1.54) is 38.5 Å². The highest BCUT2D eigenvalue weighted by Gasteiger charge is 2.42. The smallest absolute Gasteiger partial charge is 0.00695 e. The highest BCUT2D eigenvalue weighted by molar-refractivity contribution is 4.95. The first-order valence-electron chi connectivity index (χ1n) is 7.21. The van der Waals surface area contributed by atoms with Crippen molar-refractivity contribution in [3.05, 3.63) is 0 Å². The zero-order valence-electron chi connectivity index (χ0n) is 11.6. The molecule has 2 aliphatic carbocycles. The number of nitrogens with one attached hydrogen (secondary N) is 1. The van der Waals surface area contributed by atoms with E-state index in [4.69, 9.17) is 0 Å². The molecule has 0 aromatic heterocycles. The van der Waals surface area contributed by atoms with E-state index < -0.39 is 0 Å². The van der Waals surface area contributed by atoms with E-state index >= 15 is 0 Å². The van der Waals surface area contributed by atoms with Crippen LogP contribution in [0.2, 0.25) is 0 Å². The Morgan fingerprint density at radius 1 is 1.06 bits per heavy atom. The third kappa shape index (κ3) is 2.45. The van der Waals surface area contributed by atoms with Gasteiger partial charge in [-0.05, 0) is 68.7 Å². The number of rotatable bonds is 2. The van der Waals surface area contributed by atoms with Crippen LogP contribution < -0.4 is 5.32 Å². The Balaban J connectivity index is 2.00. The predicted octanol–water partition coefficient (Wildman–Crippen LogP) is 3.84. The van der Waals surface area contributed by atoms with Gasteiger partial charge in [-0.1, -0.05) is 20.8 Å². The van der Waals surface area contributed by atoms with Crippen LogP contribution in [-0.4, -0.2) is 13.1 Å². The molecule has 0 heterocycles. The third-order valence-corrected chi connectivity index (χ3v) is 5.35. The summed E-state index contributed by atoms with van der Waals surface area (Å²) >= 11 is 0. The second-order valence-electron chi connectivity index (χ2n) is 7.00. The van der Waals surface area contributed by atoms with E-state index in [0.29, 0.717) is 5.41 Å². The summed E-state index contributed by atoms with van der Waals surface area (Å²) in [7, 11) is 2.13. The lowest BCUT2D eigenvalue weighted by Gasteiger charge is -2.42. The average Bonchev–Trinajstić information content (AvgIpc) is 2.60. The standard InChI is InChI=1S/C15H29N/c1-11-7-12(2)9-13(8-11)15(3)6-5-14(10-15)16-4/h11-14,16H,5-10H2,1-4H3. The zero-order valence-corrected chi connectivity index (χ0v) is 11.6. The molecule has 4 atom stereocenters. The minimum Gasteiger partial charge on any atom is -0.317 e. The summed E-state index contributed by atoms with van der Waals surface area (Å²) in [5.41, 5.74) is 0.636. The Labute approximate surface area is 101 Å². The molecule has 0 radical (unpaired) electrons. The molecular formula is C15H29N. The first kappa shape index (κ1) is 12.4. The summed E-state index contributed by atoms with van der Waals surface area (Å²) in [4.78, 5) is 0. The molecule has 0 aromatic carbocycles. The lowest BCUT2D eigenvalue weighted by atomic mass is 9.64.